The number of allylic oxidation sites excluding steroid dienone is 1. The third-order valence-corrected chi connectivity index (χ3v) is 2.70. The molecule has 0 aliphatic heterocycles. The van der Waals surface area contributed by atoms with Gasteiger partial charge in [0.2, 0.25) is 5.70 Å². The standard InChI is InChI=1S/C15H17NO6/c1-4-21-14(17)12-7-6-11(8-10(3)16(19)20)9-13(12)15(18)22-5-2/h6-9H,4-5H2,1-3H3. The van der Waals surface area contributed by atoms with Gasteiger partial charge in [-0.15, -0.1) is 0 Å². The molecule has 0 saturated carbocycles. The van der Waals surface area contributed by atoms with Gasteiger partial charge in [0.25, 0.3) is 0 Å². The molecule has 7 heteroatoms. The maximum absolute atomic E-state index is 12.0. The molecule has 0 amide bonds. The molecule has 0 atom stereocenters. The van der Waals surface area contributed by atoms with E-state index in [-0.39, 0.29) is 30.0 Å². The van der Waals surface area contributed by atoms with Gasteiger partial charge in [-0.25, -0.2) is 9.59 Å². The SMILES string of the molecule is CCOC(=O)c1ccc(C=C(C)[N+](=O)[O-])cc1C(=O)OCC. The zero-order valence-electron chi connectivity index (χ0n) is 12.6. The topological polar surface area (TPSA) is 95.7 Å². The molecule has 0 fully saturated rings. The molecule has 0 aromatic heterocycles. The summed E-state index contributed by atoms with van der Waals surface area (Å²) in [6.45, 7) is 4.95. The van der Waals surface area contributed by atoms with Gasteiger partial charge >= 0.3 is 11.9 Å². The minimum absolute atomic E-state index is 0.0187. The number of carbonyl (C=O) groups is 2. The number of nitrogens with zero attached hydrogens (tertiary/aromatic N) is 1. The number of rotatable bonds is 6. The molecule has 7 nitrogen and oxygen atoms in total. The van der Waals surface area contributed by atoms with E-state index in [1.54, 1.807) is 13.8 Å². The van der Waals surface area contributed by atoms with Crippen molar-refractivity contribution in [2.75, 3.05) is 13.2 Å². The highest BCUT2D eigenvalue weighted by atomic mass is 16.6. The van der Waals surface area contributed by atoms with Crippen LogP contribution in [0.3, 0.4) is 0 Å². The van der Waals surface area contributed by atoms with E-state index >= 15 is 0 Å². The molecule has 1 aromatic carbocycles. The molecule has 0 saturated heterocycles. The molecule has 0 heterocycles. The van der Waals surface area contributed by atoms with Gasteiger partial charge in [-0.3, -0.25) is 10.1 Å². The molecule has 22 heavy (non-hydrogen) atoms. The second-order valence-electron chi connectivity index (χ2n) is 4.29. The maximum Gasteiger partial charge on any atom is 0.339 e. The highest BCUT2D eigenvalue weighted by molar-refractivity contribution is 6.03. The van der Waals surface area contributed by atoms with Gasteiger partial charge in [-0.1, -0.05) is 6.07 Å². The Morgan fingerprint density at radius 1 is 1.14 bits per heavy atom. The molecule has 0 aliphatic rings. The Bertz CT molecular complexity index is 620. The van der Waals surface area contributed by atoms with Crippen LogP contribution in [0, 0.1) is 10.1 Å². The second-order valence-corrected chi connectivity index (χ2v) is 4.29. The van der Waals surface area contributed by atoms with Crippen LogP contribution in [0.4, 0.5) is 0 Å². The smallest absolute Gasteiger partial charge is 0.339 e. The van der Waals surface area contributed by atoms with Gasteiger partial charge in [-0.05, 0) is 31.5 Å². The first-order chi connectivity index (χ1) is 10.4. The molecule has 0 N–H and O–H groups in total. The molecule has 0 aliphatic carbocycles. The Kier molecular flexibility index (Phi) is 6.25. The number of hydrogen-bond acceptors (Lipinski definition) is 6. The normalized spacial score (nSPS) is 11.0. The Morgan fingerprint density at radius 3 is 2.18 bits per heavy atom. The molecule has 0 unspecified atom stereocenters. The van der Waals surface area contributed by atoms with Crippen LogP contribution in [-0.4, -0.2) is 30.1 Å². The Balaban J connectivity index is 3.31. The first-order valence-corrected chi connectivity index (χ1v) is 6.71. The average molecular weight is 307 g/mol. The van der Waals surface area contributed by atoms with Gasteiger partial charge in [-0.2, -0.15) is 0 Å². The second kappa shape index (κ2) is 7.92. The maximum atomic E-state index is 12.0. The lowest BCUT2D eigenvalue weighted by Gasteiger charge is -2.09. The Labute approximate surface area is 127 Å². The van der Waals surface area contributed by atoms with E-state index in [4.69, 9.17) is 9.47 Å². The molecular formula is C15H17NO6. The number of benzene rings is 1. The van der Waals surface area contributed by atoms with Crippen molar-refractivity contribution in [1.82, 2.24) is 0 Å². The Morgan fingerprint density at radius 2 is 1.68 bits per heavy atom. The van der Waals surface area contributed by atoms with E-state index in [0.29, 0.717) is 5.56 Å². The van der Waals surface area contributed by atoms with E-state index in [1.807, 2.05) is 0 Å². The molecular weight excluding hydrogens is 290 g/mol. The quantitative estimate of drug-likeness (QED) is 0.455. The molecule has 0 spiro atoms. The van der Waals surface area contributed by atoms with E-state index in [0.717, 1.165) is 0 Å². The van der Waals surface area contributed by atoms with E-state index < -0.39 is 16.9 Å². The van der Waals surface area contributed by atoms with Gasteiger partial charge in [0.05, 0.1) is 29.3 Å². The van der Waals surface area contributed by atoms with Crippen molar-refractivity contribution in [3.05, 3.63) is 50.7 Å². The minimum atomic E-state index is -0.681. The van der Waals surface area contributed by atoms with Crippen LogP contribution in [0.5, 0.6) is 0 Å². The summed E-state index contributed by atoms with van der Waals surface area (Å²) in [5.74, 6) is -1.33. The molecule has 118 valence electrons. The fourth-order valence-electron chi connectivity index (χ4n) is 1.71. The zero-order chi connectivity index (χ0) is 16.7. The fraction of sp³-hybridized carbons (Fsp3) is 0.333. The third kappa shape index (κ3) is 4.41. The van der Waals surface area contributed by atoms with E-state index in [9.17, 15) is 19.7 Å². The number of nitro groups is 1. The van der Waals surface area contributed by atoms with Crippen LogP contribution >= 0.6 is 0 Å². The predicted octanol–water partition coefficient (Wildman–Crippen LogP) is 2.68. The average Bonchev–Trinajstić information content (AvgIpc) is 2.47. The van der Waals surface area contributed by atoms with Crippen LogP contribution in [-0.2, 0) is 9.47 Å². The van der Waals surface area contributed by atoms with Gasteiger partial charge in [0.15, 0.2) is 0 Å². The van der Waals surface area contributed by atoms with Gasteiger partial charge < -0.3 is 9.47 Å². The number of esters is 2. The first-order valence-electron chi connectivity index (χ1n) is 6.71. The van der Waals surface area contributed by atoms with Crippen molar-refractivity contribution >= 4 is 18.0 Å². The number of carbonyl (C=O) groups excluding carboxylic acids is 2. The lowest BCUT2D eigenvalue weighted by molar-refractivity contribution is -0.422. The van der Waals surface area contributed by atoms with Crippen LogP contribution in [0.15, 0.2) is 23.9 Å². The van der Waals surface area contributed by atoms with Gasteiger partial charge in [0.1, 0.15) is 0 Å². The lowest BCUT2D eigenvalue weighted by atomic mass is 10.0. The lowest BCUT2D eigenvalue weighted by Crippen LogP contribution is -2.14. The molecule has 1 rings (SSSR count). The summed E-state index contributed by atoms with van der Waals surface area (Å²) in [4.78, 5) is 33.9. The van der Waals surface area contributed by atoms with Crippen molar-refractivity contribution in [2.45, 2.75) is 20.8 Å². The van der Waals surface area contributed by atoms with Crippen LogP contribution in [0.2, 0.25) is 0 Å². The summed E-state index contributed by atoms with van der Waals surface area (Å²) < 4.78 is 9.79. The van der Waals surface area contributed by atoms with Crippen molar-refractivity contribution in [2.24, 2.45) is 0 Å². The monoisotopic (exact) mass is 307 g/mol. The van der Waals surface area contributed by atoms with Crippen molar-refractivity contribution < 1.29 is 24.0 Å². The zero-order valence-corrected chi connectivity index (χ0v) is 12.6. The highest BCUT2D eigenvalue weighted by Gasteiger charge is 2.19. The molecule has 0 radical (unpaired) electrons. The summed E-state index contributed by atoms with van der Waals surface area (Å²) in [7, 11) is 0. The highest BCUT2D eigenvalue weighted by Crippen LogP contribution is 2.17. The molecule has 1 aromatic rings. The number of hydrogen-bond donors (Lipinski definition) is 0. The summed E-state index contributed by atoms with van der Waals surface area (Å²) >= 11 is 0. The largest absolute Gasteiger partial charge is 0.462 e. The fourth-order valence-corrected chi connectivity index (χ4v) is 1.71. The predicted molar refractivity (Wildman–Crippen MR) is 79.0 cm³/mol. The summed E-state index contributed by atoms with van der Waals surface area (Å²) in [5, 5.41) is 10.7. The van der Waals surface area contributed by atoms with Crippen LogP contribution < -0.4 is 0 Å². The first kappa shape index (κ1) is 17.4. The minimum Gasteiger partial charge on any atom is -0.462 e. The van der Waals surface area contributed by atoms with Crippen molar-refractivity contribution in [3.63, 3.8) is 0 Å². The summed E-state index contributed by atoms with van der Waals surface area (Å²) in [6, 6.07) is 4.27. The van der Waals surface area contributed by atoms with Crippen molar-refractivity contribution in [1.29, 1.82) is 0 Å². The summed E-state index contributed by atoms with van der Waals surface area (Å²) in [5.41, 5.74) is 0.422. The summed E-state index contributed by atoms with van der Waals surface area (Å²) in [6.07, 6.45) is 1.30. The van der Waals surface area contributed by atoms with E-state index in [1.165, 1.54) is 31.2 Å². The van der Waals surface area contributed by atoms with Gasteiger partial charge in [0, 0.05) is 13.0 Å². The van der Waals surface area contributed by atoms with Crippen LogP contribution in [0.1, 0.15) is 47.1 Å². The van der Waals surface area contributed by atoms with Crippen LogP contribution in [0.25, 0.3) is 6.08 Å². The Hall–Kier alpha value is -2.70. The third-order valence-electron chi connectivity index (χ3n) is 2.70. The number of ether oxygens (including phenoxy) is 2. The van der Waals surface area contributed by atoms with E-state index in [2.05, 4.69) is 0 Å². The van der Waals surface area contributed by atoms with Crippen molar-refractivity contribution in [3.8, 4) is 0 Å². The molecule has 0 bridgehead atoms.